The van der Waals surface area contributed by atoms with Crippen LogP contribution in [0.3, 0.4) is 0 Å². The van der Waals surface area contributed by atoms with Crippen LogP contribution in [0.2, 0.25) is 0 Å². The lowest BCUT2D eigenvalue weighted by molar-refractivity contribution is 0.0588. The van der Waals surface area contributed by atoms with Gasteiger partial charge in [0.15, 0.2) is 0 Å². The molecule has 0 saturated carbocycles. The summed E-state index contributed by atoms with van der Waals surface area (Å²) >= 11 is 0. The van der Waals surface area contributed by atoms with Crippen molar-refractivity contribution in [3.05, 3.63) is 59.7 Å². The first-order valence-corrected chi connectivity index (χ1v) is 10.2. The average molecular weight is 462 g/mol. The van der Waals surface area contributed by atoms with Crippen LogP contribution >= 0.6 is 0 Å². The van der Waals surface area contributed by atoms with Gasteiger partial charge in [0.1, 0.15) is 34.1 Å². The molecule has 0 aliphatic rings. The molecular weight excluding hydrogens is 440 g/mol. The average Bonchev–Trinajstić information content (AvgIpc) is 2.87. The summed E-state index contributed by atoms with van der Waals surface area (Å²) in [7, 11) is 5.33. The van der Waals surface area contributed by atoms with Crippen molar-refractivity contribution in [2.45, 2.75) is 0 Å². The molecule has 0 radical (unpaired) electrons. The summed E-state index contributed by atoms with van der Waals surface area (Å²) in [5.74, 6) is -1.40. The van der Waals surface area contributed by atoms with Crippen molar-refractivity contribution in [3.63, 3.8) is 0 Å². The second kappa shape index (κ2) is 8.82. The Labute approximate surface area is 194 Å². The van der Waals surface area contributed by atoms with Crippen LogP contribution in [0, 0.1) is 0 Å². The van der Waals surface area contributed by atoms with E-state index in [4.69, 9.17) is 18.9 Å². The Bertz CT molecular complexity index is 1340. The number of ether oxygens (including phenoxy) is 4. The summed E-state index contributed by atoms with van der Waals surface area (Å²) in [6.45, 7) is 0. The number of fused-ring (bicyclic) bond motifs is 2. The van der Waals surface area contributed by atoms with Crippen molar-refractivity contribution in [1.29, 1.82) is 0 Å². The van der Waals surface area contributed by atoms with Crippen LogP contribution in [-0.4, -0.2) is 50.6 Å². The number of carbonyl (C=O) groups is 2. The zero-order chi connectivity index (χ0) is 24.6. The largest absolute Gasteiger partial charge is 0.506 e. The first-order valence-electron chi connectivity index (χ1n) is 10.2. The Morgan fingerprint density at radius 3 is 1.35 bits per heavy atom. The zero-order valence-electron chi connectivity index (χ0n) is 19.0. The minimum absolute atomic E-state index is 0.0850. The van der Waals surface area contributed by atoms with Gasteiger partial charge in [0.05, 0.1) is 39.2 Å². The number of hydrogen-bond acceptors (Lipinski definition) is 8. The summed E-state index contributed by atoms with van der Waals surface area (Å²) in [4.78, 5) is 25.1. The van der Waals surface area contributed by atoms with Crippen molar-refractivity contribution in [2.24, 2.45) is 0 Å². The summed E-state index contributed by atoms with van der Waals surface area (Å²) in [5.41, 5.74) is 0.822. The first-order chi connectivity index (χ1) is 16.4. The topological polar surface area (TPSA) is 112 Å². The molecule has 0 spiro atoms. The molecule has 4 aromatic rings. The van der Waals surface area contributed by atoms with Gasteiger partial charge in [-0.25, -0.2) is 9.59 Å². The summed E-state index contributed by atoms with van der Waals surface area (Å²) < 4.78 is 20.6. The van der Waals surface area contributed by atoms with Gasteiger partial charge in [-0.15, -0.1) is 0 Å². The third kappa shape index (κ3) is 3.40. The number of phenolic OH excluding ortho intramolecular Hbond substituents is 2. The maximum absolute atomic E-state index is 12.5. The molecule has 2 N–H and O–H groups in total. The van der Waals surface area contributed by atoms with E-state index in [2.05, 4.69) is 0 Å². The van der Waals surface area contributed by atoms with Gasteiger partial charge < -0.3 is 29.2 Å². The maximum Gasteiger partial charge on any atom is 0.341 e. The van der Waals surface area contributed by atoms with Crippen LogP contribution in [0.15, 0.2) is 48.5 Å². The SMILES string of the molecule is COC(=O)c1cc(-c2cc(C(=O)OC)c(O)c3c(OC)cccc23)c2cccc(OC)c2c1O. The predicted octanol–water partition coefficient (Wildman–Crippen LogP) is 4.66. The van der Waals surface area contributed by atoms with Crippen LogP contribution < -0.4 is 9.47 Å². The van der Waals surface area contributed by atoms with E-state index in [1.165, 1.54) is 40.6 Å². The summed E-state index contributed by atoms with van der Waals surface area (Å²) in [6, 6.07) is 13.3. The molecule has 8 heteroatoms. The molecule has 0 atom stereocenters. The van der Waals surface area contributed by atoms with Gasteiger partial charge in [-0.1, -0.05) is 24.3 Å². The molecule has 0 fully saturated rings. The Morgan fingerprint density at radius 1 is 0.647 bits per heavy atom. The summed E-state index contributed by atoms with van der Waals surface area (Å²) in [6.07, 6.45) is 0. The summed E-state index contributed by atoms with van der Waals surface area (Å²) in [5, 5.41) is 23.6. The molecule has 0 aliphatic heterocycles. The molecule has 0 amide bonds. The molecule has 4 rings (SSSR count). The Balaban J connectivity index is 2.25. The van der Waals surface area contributed by atoms with E-state index in [9.17, 15) is 19.8 Å². The third-order valence-corrected chi connectivity index (χ3v) is 5.73. The minimum Gasteiger partial charge on any atom is -0.506 e. The number of carbonyl (C=O) groups excluding carboxylic acids is 2. The van der Waals surface area contributed by atoms with Crippen molar-refractivity contribution >= 4 is 33.5 Å². The molecule has 0 heterocycles. The second-order valence-corrected chi connectivity index (χ2v) is 7.39. The standard InChI is InChI=1S/C26H22O8/c1-31-19-9-5-7-13-15(11-17(25(29)33-3)23(27)21(13)19)16-12-18(26(30)34-4)24(28)22-14(16)8-6-10-20(22)32-2/h5-12,27-28H,1-4H3. The Hall–Kier alpha value is -4.46. The van der Waals surface area contributed by atoms with Gasteiger partial charge in [-0.05, 0) is 46.2 Å². The molecule has 174 valence electrons. The smallest absolute Gasteiger partial charge is 0.341 e. The van der Waals surface area contributed by atoms with Crippen molar-refractivity contribution in [2.75, 3.05) is 28.4 Å². The van der Waals surface area contributed by atoms with Gasteiger partial charge in [0, 0.05) is 0 Å². The van der Waals surface area contributed by atoms with Gasteiger partial charge in [0.2, 0.25) is 0 Å². The van der Waals surface area contributed by atoms with Crippen LogP contribution in [0.25, 0.3) is 32.7 Å². The fourth-order valence-electron chi connectivity index (χ4n) is 4.17. The van der Waals surface area contributed by atoms with Gasteiger partial charge >= 0.3 is 11.9 Å². The molecule has 0 aromatic heterocycles. The monoisotopic (exact) mass is 462 g/mol. The number of methoxy groups -OCH3 is 4. The van der Waals surface area contributed by atoms with Crippen LogP contribution in [0.4, 0.5) is 0 Å². The molecule has 0 bridgehead atoms. The molecule has 8 nitrogen and oxygen atoms in total. The zero-order valence-corrected chi connectivity index (χ0v) is 19.0. The lowest BCUT2D eigenvalue weighted by Gasteiger charge is -2.18. The fraction of sp³-hybridized carbons (Fsp3) is 0.154. The molecule has 0 unspecified atom stereocenters. The molecule has 34 heavy (non-hydrogen) atoms. The van der Waals surface area contributed by atoms with Crippen LogP contribution in [0.1, 0.15) is 20.7 Å². The highest BCUT2D eigenvalue weighted by molar-refractivity contribution is 6.16. The quantitative estimate of drug-likeness (QED) is 0.412. The van der Waals surface area contributed by atoms with Crippen molar-refractivity contribution in [1.82, 2.24) is 0 Å². The minimum atomic E-state index is -0.750. The van der Waals surface area contributed by atoms with Gasteiger partial charge in [-0.2, -0.15) is 0 Å². The fourth-order valence-corrected chi connectivity index (χ4v) is 4.17. The Morgan fingerprint density at radius 2 is 1.03 bits per heavy atom. The van der Waals surface area contributed by atoms with E-state index in [1.54, 1.807) is 36.4 Å². The van der Waals surface area contributed by atoms with E-state index < -0.39 is 11.9 Å². The van der Waals surface area contributed by atoms with E-state index in [0.717, 1.165) is 0 Å². The predicted molar refractivity (Wildman–Crippen MR) is 126 cm³/mol. The van der Waals surface area contributed by atoms with E-state index in [-0.39, 0.29) is 22.6 Å². The highest BCUT2D eigenvalue weighted by Gasteiger charge is 2.25. The second-order valence-electron chi connectivity index (χ2n) is 7.39. The first kappa shape index (κ1) is 22.7. The third-order valence-electron chi connectivity index (χ3n) is 5.73. The highest BCUT2D eigenvalue weighted by Crippen LogP contribution is 2.47. The number of rotatable bonds is 5. The van der Waals surface area contributed by atoms with E-state index in [0.29, 0.717) is 44.2 Å². The van der Waals surface area contributed by atoms with Crippen molar-refractivity contribution in [3.8, 4) is 34.1 Å². The lowest BCUT2D eigenvalue weighted by Crippen LogP contribution is -2.05. The number of hydrogen-bond donors (Lipinski definition) is 2. The highest BCUT2D eigenvalue weighted by atomic mass is 16.5. The lowest BCUT2D eigenvalue weighted by atomic mass is 9.89. The van der Waals surface area contributed by atoms with Crippen LogP contribution in [0.5, 0.6) is 23.0 Å². The number of benzene rings is 4. The number of phenols is 2. The van der Waals surface area contributed by atoms with E-state index >= 15 is 0 Å². The normalized spacial score (nSPS) is 10.8. The molecule has 0 saturated heterocycles. The number of aromatic hydroxyl groups is 2. The molecule has 0 aliphatic carbocycles. The van der Waals surface area contributed by atoms with Crippen LogP contribution in [-0.2, 0) is 9.47 Å². The van der Waals surface area contributed by atoms with E-state index in [1.807, 2.05) is 0 Å². The van der Waals surface area contributed by atoms with Crippen molar-refractivity contribution < 1.29 is 38.7 Å². The Kier molecular flexibility index (Phi) is 5.89. The molecular formula is C26H22O8. The van der Waals surface area contributed by atoms with Gasteiger partial charge in [-0.3, -0.25) is 0 Å². The number of esters is 2. The molecule has 4 aromatic carbocycles. The van der Waals surface area contributed by atoms with Gasteiger partial charge in [0.25, 0.3) is 0 Å². The maximum atomic E-state index is 12.5.